The molecule has 0 spiro atoms. The van der Waals surface area contributed by atoms with E-state index < -0.39 is 0 Å². The highest BCUT2D eigenvalue weighted by molar-refractivity contribution is 5.81. The summed E-state index contributed by atoms with van der Waals surface area (Å²) in [5.41, 5.74) is 1.13. The molecule has 22 heavy (non-hydrogen) atoms. The van der Waals surface area contributed by atoms with Crippen LogP contribution in [-0.2, 0) is 0 Å². The Labute approximate surface area is 130 Å². The minimum atomic E-state index is 0.519. The van der Waals surface area contributed by atoms with Gasteiger partial charge in [-0.25, -0.2) is 0 Å². The van der Waals surface area contributed by atoms with Gasteiger partial charge in [-0.2, -0.15) is 5.26 Å². The molecule has 5 nitrogen and oxygen atoms in total. The average Bonchev–Trinajstić information content (AvgIpc) is 2.58. The molecule has 0 aliphatic carbocycles. The van der Waals surface area contributed by atoms with Gasteiger partial charge in [-0.15, -0.1) is 0 Å². The molecule has 1 aromatic carbocycles. The Morgan fingerprint density at radius 1 is 1.18 bits per heavy atom. The van der Waals surface area contributed by atoms with Crippen LogP contribution in [0.5, 0.6) is 11.5 Å². The van der Waals surface area contributed by atoms with Crippen molar-refractivity contribution in [3.8, 4) is 17.6 Å². The number of para-hydroxylation sites is 1. The minimum absolute atomic E-state index is 0.519. The summed E-state index contributed by atoms with van der Waals surface area (Å²) >= 11 is 0. The van der Waals surface area contributed by atoms with E-state index in [4.69, 9.17) is 14.7 Å². The number of aromatic nitrogens is 1. The number of carbonyl (C=O) groups excluding carboxylic acids is 1. The van der Waals surface area contributed by atoms with E-state index in [0.717, 1.165) is 6.29 Å². The van der Waals surface area contributed by atoms with Crippen LogP contribution in [0.4, 0.5) is 0 Å². The van der Waals surface area contributed by atoms with Crippen LogP contribution in [0.15, 0.2) is 42.7 Å². The largest absolute Gasteiger partial charge is 0.490 e. The molecule has 1 heterocycles. The molecule has 2 aromatic rings. The Morgan fingerprint density at radius 2 is 1.95 bits per heavy atom. The summed E-state index contributed by atoms with van der Waals surface area (Å²) in [6.45, 7) is 4.84. The number of aldehydes is 1. The van der Waals surface area contributed by atoms with Gasteiger partial charge in [0.1, 0.15) is 6.07 Å². The number of rotatable bonds is 5. The number of nitriles is 1. The van der Waals surface area contributed by atoms with Gasteiger partial charge in [-0.3, -0.25) is 9.78 Å². The van der Waals surface area contributed by atoms with Gasteiger partial charge in [0.15, 0.2) is 17.8 Å². The second-order valence-electron chi connectivity index (χ2n) is 4.01. The molecule has 0 amide bonds. The molecular formula is C17H18N2O3. The first kappa shape index (κ1) is 17.2. The number of carbonyl (C=O) groups is 1. The highest BCUT2D eigenvalue weighted by Gasteiger charge is 2.09. The van der Waals surface area contributed by atoms with Gasteiger partial charge in [0.05, 0.1) is 24.3 Å². The topological polar surface area (TPSA) is 72.2 Å². The van der Waals surface area contributed by atoms with Gasteiger partial charge in [-0.1, -0.05) is 6.07 Å². The fraction of sp³-hybridized carbons (Fsp3) is 0.235. The molecule has 114 valence electrons. The summed E-state index contributed by atoms with van der Waals surface area (Å²) in [6.07, 6.45) is 3.94. The third-order valence-corrected chi connectivity index (χ3v) is 2.52. The number of pyridine rings is 1. The Morgan fingerprint density at radius 3 is 2.45 bits per heavy atom. The van der Waals surface area contributed by atoms with Crippen molar-refractivity contribution in [2.24, 2.45) is 0 Å². The predicted octanol–water partition coefficient (Wildman–Crippen LogP) is 3.25. The molecular weight excluding hydrogens is 280 g/mol. The molecule has 5 heteroatoms. The van der Waals surface area contributed by atoms with Crippen LogP contribution >= 0.6 is 0 Å². The summed E-state index contributed by atoms with van der Waals surface area (Å²) in [5, 5.41) is 8.25. The predicted molar refractivity (Wildman–Crippen MR) is 83.1 cm³/mol. The lowest BCUT2D eigenvalue weighted by atomic mass is 10.2. The number of ether oxygens (including phenoxy) is 2. The van der Waals surface area contributed by atoms with Crippen molar-refractivity contribution >= 4 is 6.29 Å². The zero-order valence-electron chi connectivity index (χ0n) is 12.7. The Balaban J connectivity index is 0.000000255. The molecule has 0 unspecified atom stereocenters. The van der Waals surface area contributed by atoms with Gasteiger partial charge in [-0.05, 0) is 38.1 Å². The average molecular weight is 298 g/mol. The molecule has 0 N–H and O–H groups in total. The van der Waals surface area contributed by atoms with E-state index in [1.807, 2.05) is 19.9 Å². The van der Waals surface area contributed by atoms with Crippen LogP contribution in [0, 0.1) is 11.3 Å². The quantitative estimate of drug-likeness (QED) is 0.792. The molecule has 0 atom stereocenters. The van der Waals surface area contributed by atoms with E-state index in [9.17, 15) is 4.79 Å². The van der Waals surface area contributed by atoms with Crippen molar-refractivity contribution in [2.75, 3.05) is 13.2 Å². The molecule has 0 bridgehead atoms. The maximum absolute atomic E-state index is 10.7. The van der Waals surface area contributed by atoms with E-state index in [2.05, 4.69) is 4.98 Å². The maximum atomic E-state index is 10.7. The molecule has 0 fully saturated rings. The van der Waals surface area contributed by atoms with Gasteiger partial charge in [0.25, 0.3) is 0 Å². The van der Waals surface area contributed by atoms with Crippen molar-refractivity contribution in [1.29, 1.82) is 5.26 Å². The van der Waals surface area contributed by atoms with Gasteiger partial charge < -0.3 is 9.47 Å². The first-order chi connectivity index (χ1) is 10.8. The molecule has 2 rings (SSSR count). The zero-order valence-corrected chi connectivity index (χ0v) is 12.7. The van der Waals surface area contributed by atoms with Gasteiger partial charge in [0, 0.05) is 12.4 Å². The smallest absolute Gasteiger partial charge is 0.171 e. The van der Waals surface area contributed by atoms with E-state index in [-0.39, 0.29) is 0 Å². The van der Waals surface area contributed by atoms with Crippen molar-refractivity contribution < 1.29 is 14.3 Å². The summed E-state index contributed by atoms with van der Waals surface area (Å²) in [5.74, 6) is 1.16. The van der Waals surface area contributed by atoms with Crippen LogP contribution in [0.1, 0.15) is 29.8 Å². The fourth-order valence-corrected chi connectivity index (χ4v) is 1.62. The molecule has 0 saturated heterocycles. The first-order valence-corrected chi connectivity index (χ1v) is 6.90. The van der Waals surface area contributed by atoms with Gasteiger partial charge in [0.2, 0.25) is 0 Å². The lowest BCUT2D eigenvalue weighted by Gasteiger charge is -2.11. The lowest BCUT2D eigenvalue weighted by molar-refractivity contribution is 0.111. The normalized spacial score (nSPS) is 8.95. The third kappa shape index (κ3) is 5.25. The molecule has 1 aromatic heterocycles. The van der Waals surface area contributed by atoms with Crippen molar-refractivity contribution in [3.05, 3.63) is 53.9 Å². The Hall–Kier alpha value is -2.87. The minimum Gasteiger partial charge on any atom is -0.490 e. The molecule has 0 aliphatic heterocycles. The summed E-state index contributed by atoms with van der Waals surface area (Å²) < 4.78 is 10.7. The second kappa shape index (κ2) is 9.94. The maximum Gasteiger partial charge on any atom is 0.171 e. The van der Waals surface area contributed by atoms with E-state index in [0.29, 0.717) is 35.8 Å². The second-order valence-corrected chi connectivity index (χ2v) is 4.01. The van der Waals surface area contributed by atoms with Crippen LogP contribution in [0.25, 0.3) is 0 Å². The SMILES string of the molecule is CCOc1cccc(C=O)c1OCC.N#Cc1cccnc1. The van der Waals surface area contributed by atoms with Crippen LogP contribution < -0.4 is 9.47 Å². The van der Waals surface area contributed by atoms with E-state index in [1.165, 1.54) is 6.20 Å². The molecule has 0 saturated carbocycles. The number of benzene rings is 1. The summed E-state index contributed by atoms with van der Waals surface area (Å²) in [4.78, 5) is 14.5. The zero-order chi connectivity index (χ0) is 16.2. The van der Waals surface area contributed by atoms with Crippen molar-refractivity contribution in [1.82, 2.24) is 4.98 Å². The Bertz CT molecular complexity index is 622. The number of nitrogens with zero attached hydrogens (tertiary/aromatic N) is 2. The first-order valence-electron chi connectivity index (χ1n) is 6.90. The monoisotopic (exact) mass is 298 g/mol. The third-order valence-electron chi connectivity index (χ3n) is 2.52. The summed E-state index contributed by atoms with van der Waals surface area (Å²) in [6, 6.07) is 10.7. The number of hydrogen-bond donors (Lipinski definition) is 0. The molecule has 0 radical (unpaired) electrons. The summed E-state index contributed by atoms with van der Waals surface area (Å²) in [7, 11) is 0. The highest BCUT2D eigenvalue weighted by atomic mass is 16.5. The standard InChI is InChI=1S/C11H14O3.C6H4N2/c1-3-13-10-7-5-6-9(8-12)11(10)14-4-2;7-4-6-2-1-3-8-5-6/h5-8H,3-4H2,1-2H3;1-3,5H. The van der Waals surface area contributed by atoms with Gasteiger partial charge >= 0.3 is 0 Å². The van der Waals surface area contributed by atoms with Crippen molar-refractivity contribution in [3.63, 3.8) is 0 Å². The highest BCUT2D eigenvalue weighted by Crippen LogP contribution is 2.30. The van der Waals surface area contributed by atoms with Crippen molar-refractivity contribution in [2.45, 2.75) is 13.8 Å². The van der Waals surface area contributed by atoms with Crippen LogP contribution in [-0.4, -0.2) is 24.5 Å². The lowest BCUT2D eigenvalue weighted by Crippen LogP contribution is -2.01. The fourth-order valence-electron chi connectivity index (χ4n) is 1.62. The van der Waals surface area contributed by atoms with E-state index >= 15 is 0 Å². The Kier molecular flexibility index (Phi) is 7.77. The van der Waals surface area contributed by atoms with Crippen LogP contribution in [0.2, 0.25) is 0 Å². The molecule has 0 aliphatic rings. The van der Waals surface area contributed by atoms with E-state index in [1.54, 1.807) is 36.5 Å². The number of hydrogen-bond acceptors (Lipinski definition) is 5. The van der Waals surface area contributed by atoms with Crippen LogP contribution in [0.3, 0.4) is 0 Å².